The van der Waals surface area contributed by atoms with E-state index in [-0.39, 0.29) is 16.9 Å². The van der Waals surface area contributed by atoms with Crippen molar-refractivity contribution in [1.29, 1.82) is 0 Å². The molecular formula is C25H24ClF2N3O. The van der Waals surface area contributed by atoms with Gasteiger partial charge in [-0.3, -0.25) is 4.98 Å². The van der Waals surface area contributed by atoms with Crippen LogP contribution in [0, 0.1) is 17.6 Å². The summed E-state index contributed by atoms with van der Waals surface area (Å²) >= 11 is 5.82. The fourth-order valence-corrected chi connectivity index (χ4v) is 5.11. The van der Waals surface area contributed by atoms with Crippen LogP contribution in [-0.4, -0.2) is 16.0 Å². The second-order valence-corrected chi connectivity index (χ2v) is 9.22. The summed E-state index contributed by atoms with van der Waals surface area (Å²) in [6.45, 7) is 2.10. The molecule has 0 aliphatic heterocycles. The topological polar surface area (TPSA) is 51.0 Å². The van der Waals surface area contributed by atoms with Crippen LogP contribution in [0.15, 0.2) is 47.0 Å². The quantitative estimate of drug-likeness (QED) is 0.339. The molecule has 4 aromatic rings. The minimum absolute atomic E-state index is 0.0229. The molecule has 32 heavy (non-hydrogen) atoms. The number of halogens is 3. The first-order chi connectivity index (χ1) is 15.5. The Kier molecular flexibility index (Phi) is 5.72. The number of rotatable bonds is 5. The van der Waals surface area contributed by atoms with Gasteiger partial charge < -0.3 is 9.73 Å². The molecule has 1 N–H and O–H groups in total. The second kappa shape index (κ2) is 8.66. The molecule has 0 amide bonds. The van der Waals surface area contributed by atoms with Gasteiger partial charge >= 0.3 is 0 Å². The number of nitrogens with one attached hydrogen (secondary N) is 1. The van der Waals surface area contributed by atoms with Gasteiger partial charge in [0.25, 0.3) is 6.01 Å². The minimum atomic E-state index is -0.506. The molecule has 1 aliphatic carbocycles. The maximum atomic E-state index is 13.8. The average Bonchev–Trinajstić information content (AvgIpc) is 3.14. The van der Waals surface area contributed by atoms with Gasteiger partial charge in [0.2, 0.25) is 0 Å². The molecule has 1 aliphatic rings. The van der Waals surface area contributed by atoms with Gasteiger partial charge in [-0.05, 0) is 80.7 Å². The summed E-state index contributed by atoms with van der Waals surface area (Å²) in [5.74, 6) is 0.298. The number of benzene rings is 2. The van der Waals surface area contributed by atoms with Crippen molar-refractivity contribution in [3.63, 3.8) is 0 Å². The zero-order valence-electron chi connectivity index (χ0n) is 17.7. The third-order valence-electron chi connectivity index (χ3n) is 6.51. The third-order valence-corrected chi connectivity index (χ3v) is 6.80. The molecule has 1 fully saturated rings. The molecule has 2 aromatic carbocycles. The van der Waals surface area contributed by atoms with Crippen LogP contribution in [0.25, 0.3) is 22.0 Å². The number of aromatic nitrogens is 2. The Morgan fingerprint density at radius 3 is 2.72 bits per heavy atom. The van der Waals surface area contributed by atoms with Gasteiger partial charge in [0.15, 0.2) is 5.58 Å². The highest BCUT2D eigenvalue weighted by molar-refractivity contribution is 6.31. The van der Waals surface area contributed by atoms with E-state index in [4.69, 9.17) is 16.0 Å². The van der Waals surface area contributed by atoms with Crippen LogP contribution >= 0.6 is 11.6 Å². The third kappa shape index (κ3) is 4.29. The van der Waals surface area contributed by atoms with E-state index < -0.39 is 5.82 Å². The predicted molar refractivity (Wildman–Crippen MR) is 123 cm³/mol. The van der Waals surface area contributed by atoms with Crippen molar-refractivity contribution in [2.24, 2.45) is 5.92 Å². The van der Waals surface area contributed by atoms with Crippen LogP contribution in [0.3, 0.4) is 0 Å². The number of nitrogens with zero attached hydrogens (tertiary/aromatic N) is 2. The number of pyridine rings is 1. The van der Waals surface area contributed by atoms with Crippen molar-refractivity contribution in [3.8, 4) is 0 Å². The van der Waals surface area contributed by atoms with Gasteiger partial charge in [-0.1, -0.05) is 11.6 Å². The largest absolute Gasteiger partial charge is 0.423 e. The molecule has 1 atom stereocenters. The highest BCUT2D eigenvalue weighted by Crippen LogP contribution is 2.40. The summed E-state index contributed by atoms with van der Waals surface area (Å²) in [4.78, 5) is 8.70. The normalized spacial score (nSPS) is 20.0. The van der Waals surface area contributed by atoms with Crippen molar-refractivity contribution in [1.82, 2.24) is 9.97 Å². The first kappa shape index (κ1) is 21.1. The Balaban J connectivity index is 1.20. The Bertz CT molecular complexity index is 1230. The average molecular weight is 456 g/mol. The summed E-state index contributed by atoms with van der Waals surface area (Å²) in [6.07, 6.45) is 7.20. The number of anilines is 1. The fraction of sp³-hybridized carbons (Fsp3) is 0.360. The van der Waals surface area contributed by atoms with Crippen LogP contribution in [-0.2, 0) is 0 Å². The predicted octanol–water partition coefficient (Wildman–Crippen LogP) is 7.47. The van der Waals surface area contributed by atoms with E-state index in [9.17, 15) is 8.78 Å². The molecule has 7 heteroatoms. The number of hydrogen-bond acceptors (Lipinski definition) is 4. The smallest absolute Gasteiger partial charge is 0.295 e. The van der Waals surface area contributed by atoms with E-state index in [1.807, 2.05) is 12.3 Å². The lowest BCUT2D eigenvalue weighted by molar-refractivity contribution is 0.301. The Hall–Kier alpha value is -2.73. The molecule has 1 saturated carbocycles. The number of fused-ring (bicyclic) bond motifs is 2. The monoisotopic (exact) mass is 455 g/mol. The van der Waals surface area contributed by atoms with E-state index in [1.54, 1.807) is 12.1 Å². The molecule has 4 nitrogen and oxygen atoms in total. The molecule has 1 unspecified atom stereocenters. The first-order valence-corrected chi connectivity index (χ1v) is 11.4. The van der Waals surface area contributed by atoms with Crippen LogP contribution in [0.4, 0.5) is 14.8 Å². The molecule has 5 rings (SSSR count). The lowest BCUT2D eigenvalue weighted by atomic mass is 9.76. The van der Waals surface area contributed by atoms with Gasteiger partial charge in [-0.15, -0.1) is 0 Å². The van der Waals surface area contributed by atoms with Gasteiger partial charge in [0, 0.05) is 29.8 Å². The molecular weight excluding hydrogens is 432 g/mol. The summed E-state index contributed by atoms with van der Waals surface area (Å²) in [5.41, 5.74) is 2.97. The van der Waals surface area contributed by atoms with Crippen molar-refractivity contribution in [2.45, 2.75) is 51.0 Å². The minimum Gasteiger partial charge on any atom is -0.423 e. The summed E-state index contributed by atoms with van der Waals surface area (Å²) in [7, 11) is 0. The van der Waals surface area contributed by atoms with Gasteiger partial charge in [-0.2, -0.15) is 4.98 Å². The molecule has 0 radical (unpaired) electrons. The van der Waals surface area contributed by atoms with Gasteiger partial charge in [0.05, 0.1) is 10.5 Å². The van der Waals surface area contributed by atoms with Crippen LogP contribution in [0.1, 0.15) is 50.5 Å². The fourth-order valence-electron chi connectivity index (χ4n) is 4.96. The van der Waals surface area contributed by atoms with Crippen LogP contribution < -0.4 is 5.32 Å². The van der Waals surface area contributed by atoms with Crippen molar-refractivity contribution < 1.29 is 13.2 Å². The van der Waals surface area contributed by atoms with Crippen molar-refractivity contribution >= 4 is 39.6 Å². The Labute approximate surface area is 190 Å². The van der Waals surface area contributed by atoms with E-state index >= 15 is 0 Å². The van der Waals surface area contributed by atoms with E-state index in [1.165, 1.54) is 23.8 Å². The molecule has 2 heterocycles. The number of hydrogen-bond donors (Lipinski definition) is 1. The van der Waals surface area contributed by atoms with E-state index in [2.05, 4.69) is 22.2 Å². The highest BCUT2D eigenvalue weighted by Gasteiger charge is 2.25. The van der Waals surface area contributed by atoms with Gasteiger partial charge in [-0.25, -0.2) is 8.78 Å². The first-order valence-electron chi connectivity index (χ1n) is 11.0. The summed E-state index contributed by atoms with van der Waals surface area (Å²) < 4.78 is 33.1. The molecule has 166 valence electrons. The maximum absolute atomic E-state index is 13.8. The lowest BCUT2D eigenvalue weighted by Gasteiger charge is -2.31. The highest BCUT2D eigenvalue weighted by atomic mass is 35.5. The van der Waals surface area contributed by atoms with Crippen molar-refractivity contribution in [2.75, 3.05) is 5.32 Å². The lowest BCUT2D eigenvalue weighted by Crippen LogP contribution is -2.23. The molecule has 0 bridgehead atoms. The van der Waals surface area contributed by atoms with E-state index in [0.29, 0.717) is 29.0 Å². The van der Waals surface area contributed by atoms with Gasteiger partial charge in [0.1, 0.15) is 17.2 Å². The number of oxazole rings is 1. The Morgan fingerprint density at radius 2 is 1.91 bits per heavy atom. The summed E-state index contributed by atoms with van der Waals surface area (Å²) in [6, 6.07) is 10.1. The second-order valence-electron chi connectivity index (χ2n) is 8.81. The standard InChI is InChI=1S/C25H24ClF2N3O/c1-14(30-25-31-23-13-21(28)20(26)12-24(23)32-25)10-15-2-4-16(5-3-15)18-8-9-29-22-7-6-17(27)11-19(18)22/h6-9,11-16H,2-5,10H2,1H3,(H,30,31)/t14?,15-,16+. The van der Waals surface area contributed by atoms with Crippen LogP contribution in [0.2, 0.25) is 5.02 Å². The Morgan fingerprint density at radius 1 is 1.09 bits per heavy atom. The molecule has 0 spiro atoms. The van der Waals surface area contributed by atoms with E-state index in [0.717, 1.165) is 43.0 Å². The zero-order valence-corrected chi connectivity index (χ0v) is 18.5. The molecule has 0 saturated heterocycles. The van der Waals surface area contributed by atoms with Crippen LogP contribution in [0.5, 0.6) is 0 Å². The molecule has 2 aromatic heterocycles. The maximum Gasteiger partial charge on any atom is 0.295 e. The zero-order chi connectivity index (χ0) is 22.2. The SMILES string of the molecule is CC(C[C@H]1CC[C@@H](c2ccnc3ccc(F)cc32)CC1)Nc1nc2cc(F)c(Cl)cc2o1. The van der Waals surface area contributed by atoms with Crippen molar-refractivity contribution in [3.05, 3.63) is 64.8 Å². The summed E-state index contributed by atoms with van der Waals surface area (Å²) in [5, 5.41) is 4.25.